The fourth-order valence-corrected chi connectivity index (χ4v) is 3.36. The molecule has 11 nitrogen and oxygen atoms in total. The molecule has 0 spiro atoms. The van der Waals surface area contributed by atoms with Crippen LogP contribution in [0.25, 0.3) is 0 Å². The van der Waals surface area contributed by atoms with E-state index in [9.17, 15) is 29.4 Å². The number of nitrogens with one attached hydrogen (secondary N) is 2. The van der Waals surface area contributed by atoms with E-state index in [1.54, 1.807) is 39.8 Å². The Kier molecular flexibility index (Phi) is 11.5. The normalized spacial score (nSPS) is 12.9. The molecular formula is C24H38N4O7. The van der Waals surface area contributed by atoms with Crippen molar-refractivity contribution in [1.82, 2.24) is 15.5 Å². The van der Waals surface area contributed by atoms with Crippen LogP contribution in [-0.2, 0) is 19.1 Å². The summed E-state index contributed by atoms with van der Waals surface area (Å²) in [5.41, 5.74) is 5.05. The molecule has 0 bridgehead atoms. The zero-order valence-electron chi connectivity index (χ0n) is 21.1. The molecule has 35 heavy (non-hydrogen) atoms. The topological polar surface area (TPSA) is 171 Å². The number of hydrogen-bond donors (Lipinski definition) is 5. The van der Waals surface area contributed by atoms with Gasteiger partial charge in [0.15, 0.2) is 0 Å². The number of alkyl carbamates (subject to hydrolysis) is 1. The molecule has 11 heteroatoms. The molecule has 1 aromatic carbocycles. The quantitative estimate of drug-likeness (QED) is 0.272. The van der Waals surface area contributed by atoms with E-state index in [0.29, 0.717) is 18.5 Å². The maximum atomic E-state index is 13.6. The number of aryl methyl sites for hydroxylation is 1. The lowest BCUT2D eigenvalue weighted by Gasteiger charge is -2.34. The molecule has 196 valence electrons. The summed E-state index contributed by atoms with van der Waals surface area (Å²) < 4.78 is 5.19. The van der Waals surface area contributed by atoms with Crippen LogP contribution in [0.2, 0.25) is 0 Å². The van der Waals surface area contributed by atoms with Gasteiger partial charge in [-0.15, -0.1) is 0 Å². The number of para-hydroxylation sites is 1. The van der Waals surface area contributed by atoms with Gasteiger partial charge in [0, 0.05) is 18.7 Å². The maximum absolute atomic E-state index is 13.6. The Labute approximate surface area is 206 Å². The largest absolute Gasteiger partial charge is 0.507 e. The van der Waals surface area contributed by atoms with Crippen molar-refractivity contribution < 1.29 is 34.1 Å². The number of benzene rings is 1. The van der Waals surface area contributed by atoms with E-state index < -0.39 is 54.5 Å². The van der Waals surface area contributed by atoms with Crippen LogP contribution in [-0.4, -0.2) is 70.3 Å². The molecule has 1 rings (SSSR count). The smallest absolute Gasteiger partial charge is 0.408 e. The summed E-state index contributed by atoms with van der Waals surface area (Å²) in [6, 6.07) is 1.95. The Bertz CT molecular complexity index is 898. The number of aromatic hydroxyl groups is 1. The summed E-state index contributed by atoms with van der Waals surface area (Å²) in [6.07, 6.45) is -0.00965. The number of carbonyl (C=O) groups is 4. The predicted molar refractivity (Wildman–Crippen MR) is 129 cm³/mol. The fraction of sp³-hybridized carbons (Fsp3) is 0.583. The second-order valence-electron chi connectivity index (χ2n) is 9.18. The second kappa shape index (κ2) is 13.5. The Morgan fingerprint density at radius 2 is 1.86 bits per heavy atom. The first-order valence-corrected chi connectivity index (χ1v) is 11.6. The second-order valence-corrected chi connectivity index (χ2v) is 9.18. The molecule has 0 aromatic heterocycles. The van der Waals surface area contributed by atoms with Crippen LogP contribution in [0.15, 0.2) is 18.2 Å². The summed E-state index contributed by atoms with van der Waals surface area (Å²) in [6.45, 7) is 7.99. The summed E-state index contributed by atoms with van der Waals surface area (Å²) in [5, 5.41) is 25.5. The maximum Gasteiger partial charge on any atom is 0.408 e. The molecule has 0 saturated heterocycles. The molecule has 0 saturated carbocycles. The standard InChI is InChI=1S/C24H38N4O7/c1-6-7-11-26-21(32)19(16-10-8-9-15(2)20(16)31)28(12-13-29)22(33)17(14-18(25)30)27-23(34)35-24(3,4)5/h8-10,17,19,29,31H,6-7,11-14H2,1-5H3,(H2,25,30)(H,26,32)(H,27,34). The number of nitrogens with two attached hydrogens (primary N) is 1. The number of phenols is 1. The van der Waals surface area contributed by atoms with Crippen LogP contribution in [0.1, 0.15) is 64.1 Å². The van der Waals surface area contributed by atoms with Crippen LogP contribution >= 0.6 is 0 Å². The number of hydrogen-bond acceptors (Lipinski definition) is 7. The van der Waals surface area contributed by atoms with Gasteiger partial charge in [-0.1, -0.05) is 31.5 Å². The average molecular weight is 495 g/mol. The monoisotopic (exact) mass is 494 g/mol. The van der Waals surface area contributed by atoms with Gasteiger partial charge in [-0.3, -0.25) is 14.4 Å². The van der Waals surface area contributed by atoms with Crippen molar-refractivity contribution >= 4 is 23.8 Å². The predicted octanol–water partition coefficient (Wildman–Crippen LogP) is 1.25. The molecule has 4 amide bonds. The minimum Gasteiger partial charge on any atom is -0.507 e. The fourth-order valence-electron chi connectivity index (χ4n) is 3.36. The highest BCUT2D eigenvalue weighted by molar-refractivity contribution is 5.94. The van der Waals surface area contributed by atoms with Gasteiger partial charge in [0.2, 0.25) is 17.7 Å². The lowest BCUT2D eigenvalue weighted by atomic mass is 9.99. The third kappa shape index (κ3) is 9.44. The van der Waals surface area contributed by atoms with E-state index in [2.05, 4.69) is 10.6 Å². The zero-order valence-corrected chi connectivity index (χ0v) is 21.1. The van der Waals surface area contributed by atoms with Crippen LogP contribution in [0.3, 0.4) is 0 Å². The van der Waals surface area contributed by atoms with Gasteiger partial charge in [0.05, 0.1) is 13.0 Å². The third-order valence-corrected chi connectivity index (χ3v) is 4.97. The van der Waals surface area contributed by atoms with Crippen molar-refractivity contribution in [2.75, 3.05) is 19.7 Å². The highest BCUT2D eigenvalue weighted by atomic mass is 16.6. The molecule has 0 aliphatic carbocycles. The number of aliphatic hydroxyl groups excluding tert-OH is 1. The number of primary amides is 1. The molecule has 0 radical (unpaired) electrons. The van der Waals surface area contributed by atoms with Gasteiger partial charge in [-0.25, -0.2) is 4.79 Å². The van der Waals surface area contributed by atoms with Crippen molar-refractivity contribution in [2.24, 2.45) is 5.73 Å². The first kappa shape index (κ1) is 29.7. The van der Waals surface area contributed by atoms with E-state index in [1.807, 2.05) is 6.92 Å². The minimum atomic E-state index is -1.47. The van der Waals surface area contributed by atoms with Gasteiger partial charge in [0.1, 0.15) is 23.4 Å². The van der Waals surface area contributed by atoms with Gasteiger partial charge in [-0.05, 0) is 39.7 Å². The van der Waals surface area contributed by atoms with Crippen molar-refractivity contribution in [3.8, 4) is 5.75 Å². The number of rotatable bonds is 12. The zero-order chi connectivity index (χ0) is 26.8. The van der Waals surface area contributed by atoms with Crippen molar-refractivity contribution in [3.05, 3.63) is 29.3 Å². The molecule has 0 heterocycles. The molecule has 6 N–H and O–H groups in total. The average Bonchev–Trinajstić information content (AvgIpc) is 2.73. The van der Waals surface area contributed by atoms with Crippen molar-refractivity contribution in [1.29, 1.82) is 0 Å². The Balaban J connectivity index is 3.47. The van der Waals surface area contributed by atoms with E-state index in [1.165, 1.54) is 6.07 Å². The number of amides is 4. The highest BCUT2D eigenvalue weighted by Crippen LogP contribution is 2.32. The summed E-state index contributed by atoms with van der Waals surface area (Å²) >= 11 is 0. The number of carbonyl (C=O) groups excluding carboxylic acids is 4. The van der Waals surface area contributed by atoms with E-state index >= 15 is 0 Å². The number of phenolic OH excluding ortho intramolecular Hbond substituents is 1. The minimum absolute atomic E-state index is 0.135. The lowest BCUT2D eigenvalue weighted by molar-refractivity contribution is -0.144. The Morgan fingerprint density at radius 1 is 1.20 bits per heavy atom. The lowest BCUT2D eigenvalue weighted by Crippen LogP contribution is -2.54. The third-order valence-electron chi connectivity index (χ3n) is 4.97. The van der Waals surface area contributed by atoms with Crippen LogP contribution in [0.5, 0.6) is 5.75 Å². The molecule has 2 unspecified atom stereocenters. The number of nitrogens with zero attached hydrogens (tertiary/aromatic N) is 1. The van der Waals surface area contributed by atoms with Gasteiger partial charge in [0.25, 0.3) is 0 Å². The summed E-state index contributed by atoms with van der Waals surface area (Å²) in [4.78, 5) is 51.9. The molecule has 2 atom stereocenters. The van der Waals surface area contributed by atoms with E-state index in [4.69, 9.17) is 10.5 Å². The van der Waals surface area contributed by atoms with Crippen LogP contribution in [0.4, 0.5) is 4.79 Å². The van der Waals surface area contributed by atoms with Gasteiger partial charge >= 0.3 is 6.09 Å². The SMILES string of the molecule is CCCCNC(=O)C(c1cccc(C)c1O)N(CCO)C(=O)C(CC(N)=O)NC(=O)OC(C)(C)C. The van der Waals surface area contributed by atoms with Gasteiger partial charge in [-0.2, -0.15) is 0 Å². The molecule has 0 fully saturated rings. The number of ether oxygens (including phenoxy) is 1. The summed E-state index contributed by atoms with van der Waals surface area (Å²) in [5.74, 6) is -2.49. The molecule has 1 aromatic rings. The number of aliphatic hydroxyl groups is 1. The van der Waals surface area contributed by atoms with Gasteiger partial charge < -0.3 is 36.2 Å². The van der Waals surface area contributed by atoms with E-state index in [-0.39, 0.29) is 17.9 Å². The Hall–Kier alpha value is -3.34. The Morgan fingerprint density at radius 3 is 2.40 bits per heavy atom. The molecular weight excluding hydrogens is 456 g/mol. The van der Waals surface area contributed by atoms with Crippen LogP contribution < -0.4 is 16.4 Å². The molecule has 0 aliphatic heterocycles. The number of unbranched alkanes of at least 4 members (excludes halogenated alkanes) is 1. The first-order chi connectivity index (χ1) is 16.3. The van der Waals surface area contributed by atoms with E-state index in [0.717, 1.165) is 11.3 Å². The van der Waals surface area contributed by atoms with Crippen LogP contribution in [0, 0.1) is 6.92 Å². The first-order valence-electron chi connectivity index (χ1n) is 11.6. The molecule has 0 aliphatic rings. The highest BCUT2D eigenvalue weighted by Gasteiger charge is 2.38. The van der Waals surface area contributed by atoms with Crippen molar-refractivity contribution in [2.45, 2.75) is 71.6 Å². The summed E-state index contributed by atoms with van der Waals surface area (Å²) in [7, 11) is 0. The van der Waals surface area contributed by atoms with Crippen molar-refractivity contribution in [3.63, 3.8) is 0 Å².